The molecule has 0 amide bonds. The summed E-state index contributed by atoms with van der Waals surface area (Å²) in [4.78, 5) is 0. The Bertz CT molecular complexity index is 347. The van der Waals surface area contributed by atoms with E-state index in [-0.39, 0.29) is 11.3 Å². The monoisotopic (exact) mass is 239 g/mol. The zero-order valence-electron chi connectivity index (χ0n) is 10.6. The van der Waals surface area contributed by atoms with Gasteiger partial charge in [0.05, 0.1) is 0 Å². The molecular weight excluding hydrogens is 217 g/mol. The topological polar surface area (TPSA) is 29.1 Å². The van der Waals surface area contributed by atoms with Gasteiger partial charge in [-0.2, -0.15) is 0 Å². The number of hydrogen-bond acceptors (Lipinski definition) is 1. The lowest BCUT2D eigenvalue weighted by Gasteiger charge is -2.27. The van der Waals surface area contributed by atoms with E-state index in [4.69, 9.17) is 0 Å². The van der Waals surface area contributed by atoms with Gasteiger partial charge in [0.15, 0.2) is 7.29 Å². The molecule has 0 fully saturated rings. The minimum absolute atomic E-state index is 0.191. The highest BCUT2D eigenvalue weighted by molar-refractivity contribution is 7.63. The van der Waals surface area contributed by atoms with Gasteiger partial charge in [-0.15, -0.1) is 0 Å². The maximum Gasteiger partial charge on any atom is 0.152 e. The fourth-order valence-electron chi connectivity index (χ4n) is 1.77. The van der Waals surface area contributed by atoms with Gasteiger partial charge in [0.1, 0.15) is 0 Å². The highest BCUT2D eigenvalue weighted by Crippen LogP contribution is 2.51. The predicted molar refractivity (Wildman–Crippen MR) is 71.2 cm³/mol. The van der Waals surface area contributed by atoms with Crippen LogP contribution in [0.5, 0.6) is 0 Å². The average molecular weight is 239 g/mol. The molecule has 0 radical (unpaired) electrons. The molecule has 0 saturated carbocycles. The quantitative estimate of drug-likeness (QED) is 0.790. The summed E-state index contributed by atoms with van der Waals surface area (Å²) in [5.74, 6) is 0. The van der Waals surface area contributed by atoms with E-state index in [1.807, 2.05) is 45.9 Å². The third-order valence-corrected chi connectivity index (χ3v) is 6.63. The van der Waals surface area contributed by atoms with Crippen LogP contribution in [0.1, 0.15) is 33.3 Å². The highest BCUT2D eigenvalue weighted by Gasteiger charge is 2.29. The molecule has 0 saturated heterocycles. The van der Waals surface area contributed by atoms with Crippen LogP contribution in [0, 0.1) is 0 Å². The summed E-state index contributed by atoms with van der Waals surface area (Å²) >= 11 is 0. The molecule has 0 aromatic heterocycles. The Labute approximate surface area is 98.9 Å². The molecule has 0 bridgehead atoms. The van der Waals surface area contributed by atoms with E-state index >= 15 is 0 Å². The molecule has 1 N–H and O–H groups in total. The van der Waals surface area contributed by atoms with Crippen LogP contribution in [0.4, 0.5) is 0 Å². The summed E-state index contributed by atoms with van der Waals surface area (Å²) in [6.45, 7) is 8.80. The third-order valence-electron chi connectivity index (χ3n) is 2.91. The summed E-state index contributed by atoms with van der Waals surface area (Å²) in [7, 11) is -2.28. The standard InChI is InChI=1S/C13H22NOP/c1-11(2)16(15,12(3)4)14-10-13-8-6-5-7-9-13/h5-9,11-12H,10H2,1-4H3,(H,14,15). The van der Waals surface area contributed by atoms with Gasteiger partial charge in [-0.05, 0) is 5.56 Å². The first-order chi connectivity index (χ1) is 7.47. The molecule has 0 spiro atoms. The third kappa shape index (κ3) is 3.20. The second-order valence-electron chi connectivity index (χ2n) is 4.72. The first-order valence-electron chi connectivity index (χ1n) is 5.85. The highest BCUT2D eigenvalue weighted by atomic mass is 31.2. The van der Waals surface area contributed by atoms with Gasteiger partial charge in [0.25, 0.3) is 0 Å². The van der Waals surface area contributed by atoms with E-state index < -0.39 is 7.29 Å². The van der Waals surface area contributed by atoms with Crippen molar-refractivity contribution in [1.82, 2.24) is 5.09 Å². The number of hydrogen-bond donors (Lipinski definition) is 1. The number of nitrogens with one attached hydrogen (secondary N) is 1. The van der Waals surface area contributed by atoms with Crippen LogP contribution >= 0.6 is 7.29 Å². The summed E-state index contributed by atoms with van der Waals surface area (Å²) < 4.78 is 12.7. The lowest BCUT2D eigenvalue weighted by Crippen LogP contribution is -2.22. The van der Waals surface area contributed by atoms with Crippen molar-refractivity contribution in [3.63, 3.8) is 0 Å². The fraction of sp³-hybridized carbons (Fsp3) is 0.538. The van der Waals surface area contributed by atoms with Gasteiger partial charge in [-0.1, -0.05) is 58.0 Å². The van der Waals surface area contributed by atoms with Gasteiger partial charge in [-0.25, -0.2) is 0 Å². The van der Waals surface area contributed by atoms with Crippen LogP contribution in [0.15, 0.2) is 30.3 Å². The van der Waals surface area contributed by atoms with Crippen molar-refractivity contribution in [1.29, 1.82) is 0 Å². The second kappa shape index (κ2) is 5.65. The van der Waals surface area contributed by atoms with Crippen LogP contribution in [0.25, 0.3) is 0 Å². The van der Waals surface area contributed by atoms with Gasteiger partial charge >= 0.3 is 0 Å². The predicted octanol–water partition coefficient (Wildman–Crippen LogP) is 3.87. The molecule has 90 valence electrons. The van der Waals surface area contributed by atoms with Crippen molar-refractivity contribution in [3.05, 3.63) is 35.9 Å². The van der Waals surface area contributed by atoms with E-state index in [0.717, 1.165) is 0 Å². The van der Waals surface area contributed by atoms with Crippen molar-refractivity contribution in [2.24, 2.45) is 0 Å². The van der Waals surface area contributed by atoms with Crippen LogP contribution < -0.4 is 5.09 Å². The van der Waals surface area contributed by atoms with E-state index in [1.54, 1.807) is 0 Å². The molecular formula is C13H22NOP. The average Bonchev–Trinajstić information content (AvgIpc) is 2.26. The molecule has 0 heterocycles. The second-order valence-corrected chi connectivity index (χ2v) is 8.52. The normalized spacial score (nSPS) is 12.4. The van der Waals surface area contributed by atoms with E-state index in [9.17, 15) is 4.57 Å². The van der Waals surface area contributed by atoms with Crippen molar-refractivity contribution in [2.45, 2.75) is 45.6 Å². The Morgan fingerprint density at radius 2 is 1.56 bits per heavy atom. The SMILES string of the molecule is CC(C)P(=O)(NCc1ccccc1)C(C)C. The Balaban J connectivity index is 2.69. The van der Waals surface area contributed by atoms with Gasteiger partial charge in [0, 0.05) is 17.9 Å². The molecule has 3 heteroatoms. The fourth-order valence-corrected chi connectivity index (χ4v) is 4.12. The minimum Gasteiger partial charge on any atom is -0.306 e. The molecule has 1 rings (SSSR count). The Hall–Kier alpha value is -0.590. The van der Waals surface area contributed by atoms with Crippen LogP contribution in [0.2, 0.25) is 0 Å². The smallest absolute Gasteiger partial charge is 0.152 e. The Kier molecular flexibility index (Phi) is 4.76. The lowest BCUT2D eigenvalue weighted by molar-refractivity contribution is 0.549. The molecule has 16 heavy (non-hydrogen) atoms. The van der Waals surface area contributed by atoms with Crippen molar-refractivity contribution < 1.29 is 4.57 Å². The Morgan fingerprint density at radius 3 is 2.00 bits per heavy atom. The van der Waals surface area contributed by atoms with Crippen molar-refractivity contribution in [3.8, 4) is 0 Å². The minimum atomic E-state index is -2.28. The van der Waals surface area contributed by atoms with Crippen LogP contribution in [-0.2, 0) is 11.1 Å². The molecule has 1 aromatic carbocycles. The molecule has 0 aliphatic carbocycles. The molecule has 0 unspecified atom stereocenters. The first-order valence-corrected chi connectivity index (χ1v) is 7.69. The van der Waals surface area contributed by atoms with Crippen LogP contribution in [-0.4, -0.2) is 11.3 Å². The van der Waals surface area contributed by atoms with E-state index in [2.05, 4.69) is 17.2 Å². The maximum absolute atomic E-state index is 12.7. The summed E-state index contributed by atoms with van der Waals surface area (Å²) in [5, 5.41) is 3.27. The molecule has 1 aromatic rings. The van der Waals surface area contributed by atoms with Crippen LogP contribution in [0.3, 0.4) is 0 Å². The molecule has 0 aliphatic rings. The largest absolute Gasteiger partial charge is 0.306 e. The first kappa shape index (κ1) is 13.5. The molecule has 0 atom stereocenters. The zero-order valence-corrected chi connectivity index (χ0v) is 11.5. The van der Waals surface area contributed by atoms with E-state index in [0.29, 0.717) is 6.54 Å². The van der Waals surface area contributed by atoms with Gasteiger partial charge in [-0.3, -0.25) is 5.09 Å². The summed E-state index contributed by atoms with van der Waals surface area (Å²) in [6.07, 6.45) is 0. The summed E-state index contributed by atoms with van der Waals surface area (Å²) in [6, 6.07) is 10.1. The van der Waals surface area contributed by atoms with E-state index in [1.165, 1.54) is 5.56 Å². The zero-order chi connectivity index (χ0) is 12.2. The van der Waals surface area contributed by atoms with Crippen molar-refractivity contribution >= 4 is 7.29 Å². The molecule has 2 nitrogen and oxygen atoms in total. The number of rotatable bonds is 5. The maximum atomic E-state index is 12.7. The lowest BCUT2D eigenvalue weighted by atomic mass is 10.2. The van der Waals surface area contributed by atoms with Crippen molar-refractivity contribution in [2.75, 3.05) is 0 Å². The Morgan fingerprint density at radius 1 is 1.06 bits per heavy atom. The van der Waals surface area contributed by atoms with Gasteiger partial charge in [0.2, 0.25) is 0 Å². The van der Waals surface area contributed by atoms with Gasteiger partial charge < -0.3 is 4.57 Å². The summed E-state index contributed by atoms with van der Waals surface area (Å²) in [5.41, 5.74) is 1.57. The molecule has 0 aliphatic heterocycles. The number of benzene rings is 1.